The van der Waals surface area contributed by atoms with Crippen LogP contribution in [0.25, 0.3) is 10.8 Å². The van der Waals surface area contributed by atoms with Gasteiger partial charge in [0.2, 0.25) is 5.91 Å². The fraction of sp³-hybridized carbons (Fsp3) is 0.357. The molecule has 7 heteroatoms. The van der Waals surface area contributed by atoms with Gasteiger partial charge in [0.1, 0.15) is 0 Å². The summed E-state index contributed by atoms with van der Waals surface area (Å²) in [4.78, 5) is 23.7. The van der Waals surface area contributed by atoms with Crippen molar-refractivity contribution in [2.24, 2.45) is 5.73 Å². The second-order valence-corrected chi connectivity index (χ2v) is 4.92. The molecule has 0 aliphatic carbocycles. The Morgan fingerprint density at radius 3 is 2.71 bits per heavy atom. The maximum Gasteiger partial charge on any atom is 0.274 e. The van der Waals surface area contributed by atoms with Crippen LogP contribution in [0.3, 0.4) is 0 Å². The van der Waals surface area contributed by atoms with Gasteiger partial charge in [0.05, 0.1) is 24.2 Å². The number of halogens is 1. The third-order valence-corrected chi connectivity index (χ3v) is 3.01. The van der Waals surface area contributed by atoms with E-state index in [4.69, 9.17) is 5.73 Å². The second-order valence-electron chi connectivity index (χ2n) is 4.92. The highest BCUT2D eigenvalue weighted by Gasteiger charge is 2.13. The molecule has 1 heterocycles. The molecular formula is C14H19ClN4O2. The molecule has 0 fully saturated rings. The number of nitrogens with one attached hydrogen (secondary N) is 1. The lowest BCUT2D eigenvalue weighted by atomic mass is 10.2. The SMILES string of the molecule is CC(Cn1ncc2ccccc2c1=O)NC(=O)[C@@H](C)N.Cl. The van der Waals surface area contributed by atoms with Crippen LogP contribution in [0, 0.1) is 0 Å². The van der Waals surface area contributed by atoms with E-state index in [1.165, 1.54) is 4.68 Å². The molecule has 114 valence electrons. The average Bonchev–Trinajstić information content (AvgIpc) is 2.42. The van der Waals surface area contributed by atoms with E-state index in [-0.39, 0.29) is 29.9 Å². The van der Waals surface area contributed by atoms with Gasteiger partial charge in [-0.15, -0.1) is 12.4 Å². The van der Waals surface area contributed by atoms with Crippen LogP contribution in [0.4, 0.5) is 0 Å². The Balaban J connectivity index is 0.00000220. The minimum atomic E-state index is -0.571. The molecule has 0 aliphatic heterocycles. The van der Waals surface area contributed by atoms with Crippen LogP contribution in [-0.4, -0.2) is 27.8 Å². The number of hydrogen-bond donors (Lipinski definition) is 2. The van der Waals surface area contributed by atoms with Crippen molar-refractivity contribution in [2.45, 2.75) is 32.5 Å². The number of benzene rings is 1. The standard InChI is InChI=1S/C14H18N4O2.ClH/c1-9(17-13(19)10(2)15)8-18-14(20)12-6-4-3-5-11(12)7-16-18;/h3-7,9-10H,8,15H2,1-2H3,(H,17,19);1H/t9?,10-;/m1./s1. The smallest absolute Gasteiger partial charge is 0.274 e. The Labute approximate surface area is 128 Å². The zero-order chi connectivity index (χ0) is 14.7. The monoisotopic (exact) mass is 310 g/mol. The molecule has 0 spiro atoms. The van der Waals surface area contributed by atoms with Crippen molar-refractivity contribution in [3.8, 4) is 0 Å². The van der Waals surface area contributed by atoms with Crippen molar-refractivity contribution < 1.29 is 4.79 Å². The van der Waals surface area contributed by atoms with Gasteiger partial charge in [-0.05, 0) is 19.9 Å². The molecule has 1 amide bonds. The predicted molar refractivity (Wildman–Crippen MR) is 84.5 cm³/mol. The van der Waals surface area contributed by atoms with Crippen molar-refractivity contribution >= 4 is 29.1 Å². The number of aromatic nitrogens is 2. The molecule has 6 nitrogen and oxygen atoms in total. The van der Waals surface area contributed by atoms with Gasteiger partial charge in [0.15, 0.2) is 0 Å². The lowest BCUT2D eigenvalue weighted by molar-refractivity contribution is -0.122. The molecule has 0 radical (unpaired) electrons. The number of hydrogen-bond acceptors (Lipinski definition) is 4. The van der Waals surface area contributed by atoms with Crippen LogP contribution in [-0.2, 0) is 11.3 Å². The average molecular weight is 311 g/mol. The van der Waals surface area contributed by atoms with Crippen LogP contribution >= 0.6 is 12.4 Å². The summed E-state index contributed by atoms with van der Waals surface area (Å²) in [6, 6.07) is 6.49. The van der Waals surface area contributed by atoms with Gasteiger partial charge in [-0.1, -0.05) is 18.2 Å². The number of carbonyl (C=O) groups is 1. The number of nitrogens with two attached hydrogens (primary N) is 1. The summed E-state index contributed by atoms with van der Waals surface area (Å²) < 4.78 is 1.36. The first-order valence-corrected chi connectivity index (χ1v) is 6.50. The quantitative estimate of drug-likeness (QED) is 0.868. The lowest BCUT2D eigenvalue weighted by Crippen LogP contribution is -2.45. The van der Waals surface area contributed by atoms with E-state index in [0.29, 0.717) is 11.9 Å². The molecule has 21 heavy (non-hydrogen) atoms. The molecule has 0 bridgehead atoms. The second kappa shape index (κ2) is 7.19. The van der Waals surface area contributed by atoms with Crippen LogP contribution in [0.15, 0.2) is 35.3 Å². The Morgan fingerprint density at radius 1 is 1.38 bits per heavy atom. The number of fused-ring (bicyclic) bond motifs is 1. The van der Waals surface area contributed by atoms with Crippen LogP contribution in [0.1, 0.15) is 13.8 Å². The van der Waals surface area contributed by atoms with Gasteiger partial charge in [-0.3, -0.25) is 9.59 Å². The Bertz CT molecular complexity index is 684. The van der Waals surface area contributed by atoms with Gasteiger partial charge in [-0.25, -0.2) is 4.68 Å². The highest BCUT2D eigenvalue weighted by atomic mass is 35.5. The summed E-state index contributed by atoms with van der Waals surface area (Å²) in [6.45, 7) is 3.73. The van der Waals surface area contributed by atoms with E-state index in [1.54, 1.807) is 19.2 Å². The Kier molecular flexibility index (Phi) is 5.87. The topological polar surface area (TPSA) is 90.0 Å². The van der Waals surface area contributed by atoms with Crippen molar-refractivity contribution in [3.63, 3.8) is 0 Å². The number of amides is 1. The van der Waals surface area contributed by atoms with Gasteiger partial charge in [-0.2, -0.15) is 5.10 Å². The first-order valence-electron chi connectivity index (χ1n) is 6.50. The molecule has 2 atom stereocenters. The molecule has 1 aromatic heterocycles. The summed E-state index contributed by atoms with van der Waals surface area (Å²) in [5, 5.41) is 8.28. The maximum absolute atomic E-state index is 12.2. The maximum atomic E-state index is 12.2. The molecule has 1 aromatic carbocycles. The predicted octanol–water partition coefficient (Wildman–Crippen LogP) is 0.670. The minimum absolute atomic E-state index is 0. The molecule has 1 unspecified atom stereocenters. The third-order valence-electron chi connectivity index (χ3n) is 3.01. The van der Waals surface area contributed by atoms with Crippen molar-refractivity contribution in [2.75, 3.05) is 0 Å². The van der Waals surface area contributed by atoms with Gasteiger partial charge in [0, 0.05) is 11.4 Å². The summed E-state index contributed by atoms with van der Waals surface area (Å²) in [5.41, 5.74) is 5.32. The summed E-state index contributed by atoms with van der Waals surface area (Å²) in [5.74, 6) is -0.244. The van der Waals surface area contributed by atoms with Crippen molar-refractivity contribution in [3.05, 3.63) is 40.8 Å². The fourth-order valence-electron chi connectivity index (χ4n) is 1.94. The Hall–Kier alpha value is -1.92. The molecule has 2 aromatic rings. The Morgan fingerprint density at radius 2 is 2.05 bits per heavy atom. The summed E-state index contributed by atoms with van der Waals surface area (Å²) in [6.07, 6.45) is 1.65. The van der Waals surface area contributed by atoms with E-state index in [0.717, 1.165) is 5.39 Å². The molecule has 2 rings (SSSR count). The van der Waals surface area contributed by atoms with Crippen molar-refractivity contribution in [1.82, 2.24) is 15.1 Å². The summed E-state index contributed by atoms with van der Waals surface area (Å²) >= 11 is 0. The minimum Gasteiger partial charge on any atom is -0.350 e. The molecule has 0 saturated carbocycles. The van der Waals surface area contributed by atoms with E-state index >= 15 is 0 Å². The van der Waals surface area contributed by atoms with Crippen molar-refractivity contribution in [1.29, 1.82) is 0 Å². The molecule has 0 saturated heterocycles. The zero-order valence-electron chi connectivity index (χ0n) is 11.9. The zero-order valence-corrected chi connectivity index (χ0v) is 12.8. The van der Waals surface area contributed by atoms with Crippen LogP contribution < -0.4 is 16.6 Å². The highest BCUT2D eigenvalue weighted by molar-refractivity contribution is 5.85. The fourth-order valence-corrected chi connectivity index (χ4v) is 1.94. The third kappa shape index (κ3) is 4.03. The van der Waals surface area contributed by atoms with Crippen LogP contribution in [0.5, 0.6) is 0 Å². The number of rotatable bonds is 4. The first-order chi connectivity index (χ1) is 9.49. The van der Waals surface area contributed by atoms with E-state index < -0.39 is 6.04 Å². The molecular weight excluding hydrogens is 292 g/mol. The van der Waals surface area contributed by atoms with Gasteiger partial charge in [0.25, 0.3) is 5.56 Å². The van der Waals surface area contributed by atoms with E-state index in [9.17, 15) is 9.59 Å². The first kappa shape index (κ1) is 17.1. The highest BCUT2D eigenvalue weighted by Crippen LogP contribution is 2.06. The molecule has 3 N–H and O–H groups in total. The van der Waals surface area contributed by atoms with Gasteiger partial charge < -0.3 is 11.1 Å². The lowest BCUT2D eigenvalue weighted by Gasteiger charge is -2.16. The largest absolute Gasteiger partial charge is 0.350 e. The molecule has 0 aliphatic rings. The summed E-state index contributed by atoms with van der Waals surface area (Å²) in [7, 11) is 0. The normalized spacial score (nSPS) is 13.3. The van der Waals surface area contributed by atoms with Crippen LogP contribution in [0.2, 0.25) is 0 Å². The number of nitrogens with zero attached hydrogens (tertiary/aromatic N) is 2. The van der Waals surface area contributed by atoms with E-state index in [2.05, 4.69) is 10.4 Å². The van der Waals surface area contributed by atoms with E-state index in [1.807, 2.05) is 25.1 Å². The van der Waals surface area contributed by atoms with Gasteiger partial charge >= 0.3 is 0 Å². The number of carbonyl (C=O) groups excluding carboxylic acids is 1.